The van der Waals surface area contributed by atoms with Crippen LogP contribution in [0, 0.1) is 0 Å². The lowest BCUT2D eigenvalue weighted by Gasteiger charge is -2.24. The van der Waals surface area contributed by atoms with Crippen LogP contribution < -0.4 is 0 Å². The van der Waals surface area contributed by atoms with Gasteiger partial charge in [0.15, 0.2) is 0 Å². The Bertz CT molecular complexity index is 1150. The molecule has 0 spiro atoms. The fraction of sp³-hybridized carbons (Fsp3) is 0.300. The molecule has 0 fully saturated rings. The highest BCUT2D eigenvalue weighted by Crippen LogP contribution is 2.31. The van der Waals surface area contributed by atoms with Gasteiger partial charge in [-0.3, -0.25) is 4.90 Å². The van der Waals surface area contributed by atoms with E-state index in [1.165, 1.54) is 22.4 Å². The molecule has 0 radical (unpaired) electrons. The van der Waals surface area contributed by atoms with Crippen LogP contribution in [-0.2, 0) is 19.6 Å². The number of nitrogens with zero attached hydrogens (tertiary/aromatic N) is 3. The molecule has 0 amide bonds. The molecule has 4 heteroatoms. The first-order valence-electron chi connectivity index (χ1n) is 12.4. The second kappa shape index (κ2) is 12.1. The average Bonchev–Trinajstić information content (AvgIpc) is 3.23. The van der Waals surface area contributed by atoms with Crippen molar-refractivity contribution in [2.45, 2.75) is 52.7 Å². The van der Waals surface area contributed by atoms with Gasteiger partial charge in [-0.05, 0) is 37.1 Å². The third-order valence-electron chi connectivity index (χ3n) is 6.12. The van der Waals surface area contributed by atoms with Crippen molar-refractivity contribution in [1.82, 2.24) is 14.5 Å². The first-order valence-corrected chi connectivity index (χ1v) is 13.2. The zero-order valence-electron chi connectivity index (χ0n) is 20.3. The largest absolute Gasteiger partial charge is 0.326 e. The smallest absolute Gasteiger partial charge is 0.140 e. The van der Waals surface area contributed by atoms with Crippen molar-refractivity contribution in [3.8, 4) is 22.6 Å². The van der Waals surface area contributed by atoms with Crippen LogP contribution in [0.1, 0.15) is 44.4 Å². The van der Waals surface area contributed by atoms with Gasteiger partial charge in [-0.25, -0.2) is 4.98 Å². The number of benzene rings is 3. The van der Waals surface area contributed by atoms with Gasteiger partial charge in [0.1, 0.15) is 5.82 Å². The molecule has 0 N–H and O–H groups in total. The van der Waals surface area contributed by atoms with Gasteiger partial charge < -0.3 is 4.57 Å². The van der Waals surface area contributed by atoms with Crippen molar-refractivity contribution in [3.05, 3.63) is 101 Å². The van der Waals surface area contributed by atoms with Crippen LogP contribution in [0.4, 0.5) is 0 Å². The summed E-state index contributed by atoms with van der Waals surface area (Å²) in [5, 5.41) is 0. The minimum absolute atomic E-state index is 0.873. The van der Waals surface area contributed by atoms with Gasteiger partial charge in [-0.2, -0.15) is 0 Å². The third-order valence-corrected chi connectivity index (χ3v) is 6.65. The van der Waals surface area contributed by atoms with Gasteiger partial charge in [0, 0.05) is 35.2 Å². The van der Waals surface area contributed by atoms with Crippen LogP contribution in [0.2, 0.25) is 0 Å². The van der Waals surface area contributed by atoms with E-state index in [1.54, 1.807) is 0 Å². The standard InChI is InChI=1S/C30H34BrN3/c1-3-5-21-34-28(23-33(20-4-2)22-24-16-18-27(31)19-17-24)29(25-12-8-6-9-13-25)32-30(34)26-14-10-7-11-15-26/h6-19H,3-5,20-23H2,1-2H3. The molecule has 0 atom stereocenters. The molecule has 0 aliphatic carbocycles. The monoisotopic (exact) mass is 515 g/mol. The summed E-state index contributed by atoms with van der Waals surface area (Å²) in [5.41, 5.74) is 6.11. The maximum Gasteiger partial charge on any atom is 0.140 e. The van der Waals surface area contributed by atoms with Gasteiger partial charge in [0.05, 0.1) is 11.4 Å². The van der Waals surface area contributed by atoms with Gasteiger partial charge in [-0.15, -0.1) is 0 Å². The topological polar surface area (TPSA) is 21.1 Å². The molecule has 0 aliphatic rings. The number of unbranched alkanes of at least 4 members (excludes halogenated alkanes) is 1. The van der Waals surface area contributed by atoms with Crippen molar-refractivity contribution in [3.63, 3.8) is 0 Å². The summed E-state index contributed by atoms with van der Waals surface area (Å²) in [7, 11) is 0. The quantitative estimate of drug-likeness (QED) is 0.200. The van der Waals surface area contributed by atoms with E-state index < -0.39 is 0 Å². The van der Waals surface area contributed by atoms with E-state index in [0.29, 0.717) is 0 Å². The van der Waals surface area contributed by atoms with Crippen molar-refractivity contribution in [2.75, 3.05) is 6.54 Å². The number of halogens is 1. The maximum absolute atomic E-state index is 5.27. The molecule has 0 saturated heterocycles. The molecular weight excluding hydrogens is 482 g/mol. The Morgan fingerprint density at radius 2 is 1.41 bits per heavy atom. The Hall–Kier alpha value is -2.69. The highest BCUT2D eigenvalue weighted by molar-refractivity contribution is 9.10. The van der Waals surface area contributed by atoms with E-state index in [9.17, 15) is 0 Å². The zero-order chi connectivity index (χ0) is 23.8. The lowest BCUT2D eigenvalue weighted by Crippen LogP contribution is -2.25. The van der Waals surface area contributed by atoms with Crippen molar-refractivity contribution in [1.29, 1.82) is 0 Å². The van der Waals surface area contributed by atoms with Crippen LogP contribution in [0.25, 0.3) is 22.6 Å². The van der Waals surface area contributed by atoms with Crippen molar-refractivity contribution in [2.24, 2.45) is 0 Å². The molecule has 4 rings (SSSR count). The van der Waals surface area contributed by atoms with E-state index in [4.69, 9.17) is 4.98 Å². The Balaban J connectivity index is 1.78. The molecular formula is C30H34BrN3. The van der Waals surface area contributed by atoms with E-state index in [1.807, 2.05) is 0 Å². The Labute approximate surface area is 212 Å². The van der Waals surface area contributed by atoms with Gasteiger partial charge in [0.25, 0.3) is 0 Å². The summed E-state index contributed by atoms with van der Waals surface area (Å²) >= 11 is 3.56. The van der Waals surface area contributed by atoms with Crippen LogP contribution in [0.15, 0.2) is 89.4 Å². The molecule has 0 aliphatic heterocycles. The molecule has 3 nitrogen and oxygen atoms in total. The maximum atomic E-state index is 5.27. The van der Waals surface area contributed by atoms with Crippen LogP contribution >= 0.6 is 15.9 Å². The number of hydrogen-bond donors (Lipinski definition) is 0. The van der Waals surface area contributed by atoms with Crippen molar-refractivity contribution < 1.29 is 0 Å². The minimum Gasteiger partial charge on any atom is -0.326 e. The summed E-state index contributed by atoms with van der Waals surface area (Å²) in [6.45, 7) is 8.34. The van der Waals surface area contributed by atoms with Crippen molar-refractivity contribution >= 4 is 15.9 Å². The second-order valence-corrected chi connectivity index (χ2v) is 9.72. The molecule has 176 valence electrons. The fourth-order valence-corrected chi connectivity index (χ4v) is 4.69. The molecule has 0 saturated carbocycles. The first-order chi connectivity index (χ1) is 16.7. The lowest BCUT2D eigenvalue weighted by atomic mass is 10.1. The zero-order valence-corrected chi connectivity index (χ0v) is 21.8. The van der Waals surface area contributed by atoms with Crippen LogP contribution in [0.3, 0.4) is 0 Å². The Morgan fingerprint density at radius 1 is 0.765 bits per heavy atom. The van der Waals surface area contributed by atoms with Gasteiger partial charge in [-0.1, -0.05) is 109 Å². The SMILES string of the molecule is CCCCn1c(-c2ccccc2)nc(-c2ccccc2)c1CN(CCC)Cc1ccc(Br)cc1. The first kappa shape index (κ1) is 24.4. The number of aromatic nitrogens is 2. The highest BCUT2D eigenvalue weighted by Gasteiger charge is 2.21. The highest BCUT2D eigenvalue weighted by atomic mass is 79.9. The van der Waals surface area contributed by atoms with E-state index in [2.05, 4.69) is 124 Å². The second-order valence-electron chi connectivity index (χ2n) is 8.81. The molecule has 4 aromatic rings. The summed E-state index contributed by atoms with van der Waals surface area (Å²) in [6.07, 6.45) is 3.41. The van der Waals surface area contributed by atoms with E-state index >= 15 is 0 Å². The number of rotatable bonds is 11. The minimum atomic E-state index is 0.873. The van der Waals surface area contributed by atoms with E-state index in [0.717, 1.165) is 61.4 Å². The average molecular weight is 517 g/mol. The molecule has 0 unspecified atom stereocenters. The lowest BCUT2D eigenvalue weighted by molar-refractivity contribution is 0.251. The fourth-order valence-electron chi connectivity index (χ4n) is 4.43. The Morgan fingerprint density at radius 3 is 2.03 bits per heavy atom. The van der Waals surface area contributed by atoms with Gasteiger partial charge in [0.2, 0.25) is 0 Å². The predicted molar refractivity (Wildman–Crippen MR) is 147 cm³/mol. The summed E-state index contributed by atoms with van der Waals surface area (Å²) in [4.78, 5) is 7.82. The summed E-state index contributed by atoms with van der Waals surface area (Å²) in [6, 6.07) is 30.0. The molecule has 34 heavy (non-hydrogen) atoms. The normalized spacial score (nSPS) is 11.3. The number of hydrogen-bond acceptors (Lipinski definition) is 2. The molecule has 0 bridgehead atoms. The summed E-state index contributed by atoms with van der Waals surface area (Å²) in [5.74, 6) is 1.07. The third kappa shape index (κ3) is 6.05. The van der Waals surface area contributed by atoms with E-state index in [-0.39, 0.29) is 0 Å². The number of imidazole rings is 1. The Kier molecular flexibility index (Phi) is 8.73. The summed E-state index contributed by atoms with van der Waals surface area (Å²) < 4.78 is 3.60. The predicted octanol–water partition coefficient (Wildman–Crippen LogP) is 8.19. The van der Waals surface area contributed by atoms with Gasteiger partial charge >= 0.3 is 0 Å². The van der Waals surface area contributed by atoms with Crippen LogP contribution in [0.5, 0.6) is 0 Å². The molecule has 1 heterocycles. The molecule has 3 aromatic carbocycles. The molecule has 1 aromatic heterocycles. The van der Waals surface area contributed by atoms with Crippen LogP contribution in [-0.4, -0.2) is 21.0 Å².